The van der Waals surface area contributed by atoms with Gasteiger partial charge in [-0.3, -0.25) is 0 Å². The van der Waals surface area contributed by atoms with E-state index in [-0.39, 0.29) is 0 Å². The second kappa shape index (κ2) is 17.8. The summed E-state index contributed by atoms with van der Waals surface area (Å²) in [6.07, 6.45) is 6.75. The Bertz CT molecular complexity index is 5510. The number of nitrogens with zero attached hydrogens (tertiary/aromatic N) is 5. The Morgan fingerprint density at radius 2 is 0.590 bits per heavy atom. The molecule has 0 fully saturated rings. The maximum Gasteiger partial charge on any atom is 0.0788 e. The standard InChI is InChI=1S/C78H51N5/c1-4-18-54(19-5-1)79-73-44-36-52(50-32-38-57(39-33-50)81-70-29-15-13-27-62(70)68-48-75-67(49-76(68)81)61-26-12-14-28-69(61)80(75)55-20-6-2-7-21-55)46-65(73)66-47-53(37-45-74(66)79)51-34-40-58(41-35-51)83-72-31-17-11-25-60(72)64-43-42-63-59-24-10-16-30-71(59)82(77(63)78(64)83)56-22-8-3-9-23-56/h1-9,11-23,25-49H,10,24H2. The summed E-state index contributed by atoms with van der Waals surface area (Å²) in [6, 6.07) is 101. The van der Waals surface area contributed by atoms with E-state index in [1.165, 1.54) is 137 Å². The Kier molecular flexibility index (Phi) is 9.86. The zero-order valence-electron chi connectivity index (χ0n) is 45.3. The highest BCUT2D eigenvalue weighted by Gasteiger charge is 2.25. The van der Waals surface area contributed by atoms with Gasteiger partial charge in [0.05, 0.1) is 49.7 Å². The van der Waals surface area contributed by atoms with Crippen molar-refractivity contribution in [1.29, 1.82) is 0 Å². The van der Waals surface area contributed by atoms with Crippen molar-refractivity contribution >= 4 is 104 Å². The van der Waals surface area contributed by atoms with Gasteiger partial charge in [0, 0.05) is 82.6 Å². The second-order valence-corrected chi connectivity index (χ2v) is 22.3. The predicted octanol–water partition coefficient (Wildman–Crippen LogP) is 20.3. The summed E-state index contributed by atoms with van der Waals surface area (Å²) in [5.74, 6) is 0. The topological polar surface area (TPSA) is 24.6 Å². The molecule has 83 heavy (non-hydrogen) atoms. The lowest BCUT2D eigenvalue weighted by Crippen LogP contribution is -2.01. The highest BCUT2D eigenvalue weighted by Crippen LogP contribution is 2.45. The number of allylic oxidation sites excluding steroid dienone is 1. The zero-order chi connectivity index (χ0) is 54.3. The number of benzene rings is 12. The van der Waals surface area contributed by atoms with Crippen LogP contribution in [0.1, 0.15) is 17.7 Å². The third-order valence-corrected chi connectivity index (χ3v) is 17.9. The lowest BCUT2D eigenvalue weighted by molar-refractivity contribution is 0.967. The van der Waals surface area contributed by atoms with Crippen molar-refractivity contribution in [3.8, 4) is 50.7 Å². The lowest BCUT2D eigenvalue weighted by Gasteiger charge is -2.14. The monoisotopic (exact) mass is 1060 g/mol. The molecule has 0 aliphatic heterocycles. The van der Waals surface area contributed by atoms with Crippen LogP contribution in [0.2, 0.25) is 0 Å². The van der Waals surface area contributed by atoms with Gasteiger partial charge in [-0.2, -0.15) is 0 Å². The van der Waals surface area contributed by atoms with Crippen LogP contribution in [0.25, 0.3) is 155 Å². The molecule has 5 aromatic heterocycles. The SMILES string of the molecule is C1=Cc2c(c3ccc4c5ccccc5n(-c5ccc(-c6ccc7c(c6)c6cc(-c8ccc(-n9c%10ccccc%10c%10cc%11c(cc%109)c9ccccc9n%11-c9ccccc9)cc8)ccc6n7-c6ccccc6)cc5)c4c3n2-c2ccccc2)CC1. The average molecular weight is 1060 g/mol. The van der Waals surface area contributed by atoms with Crippen LogP contribution in [-0.4, -0.2) is 22.8 Å². The van der Waals surface area contributed by atoms with Gasteiger partial charge >= 0.3 is 0 Å². The van der Waals surface area contributed by atoms with E-state index in [1.54, 1.807) is 0 Å². The van der Waals surface area contributed by atoms with Crippen molar-refractivity contribution in [2.75, 3.05) is 0 Å². The first kappa shape index (κ1) is 45.9. The summed E-state index contributed by atoms with van der Waals surface area (Å²) in [4.78, 5) is 0. The molecule has 388 valence electrons. The van der Waals surface area contributed by atoms with Gasteiger partial charge in [0.2, 0.25) is 0 Å². The van der Waals surface area contributed by atoms with E-state index in [1.807, 2.05) is 0 Å². The molecular weight excluding hydrogens is 1010 g/mol. The molecule has 0 spiro atoms. The van der Waals surface area contributed by atoms with E-state index in [4.69, 9.17) is 0 Å². The minimum Gasteiger partial charge on any atom is -0.309 e. The molecule has 0 bridgehead atoms. The van der Waals surface area contributed by atoms with E-state index >= 15 is 0 Å². The second-order valence-electron chi connectivity index (χ2n) is 22.3. The third kappa shape index (κ3) is 6.76. The fraction of sp³-hybridized carbons (Fsp3) is 0.0256. The Morgan fingerprint density at radius 3 is 1.11 bits per heavy atom. The van der Waals surface area contributed by atoms with Crippen molar-refractivity contribution in [2.45, 2.75) is 12.8 Å². The molecule has 1 aliphatic carbocycles. The van der Waals surface area contributed by atoms with Gasteiger partial charge in [-0.1, -0.05) is 164 Å². The first-order valence-corrected chi connectivity index (χ1v) is 28.9. The molecule has 12 aromatic carbocycles. The molecule has 5 nitrogen and oxygen atoms in total. The van der Waals surface area contributed by atoms with Gasteiger partial charge in [0.1, 0.15) is 0 Å². The number of aryl methyl sites for hydroxylation is 1. The van der Waals surface area contributed by atoms with E-state index in [0.717, 1.165) is 35.6 Å². The summed E-state index contributed by atoms with van der Waals surface area (Å²) in [6.45, 7) is 0. The fourth-order valence-corrected chi connectivity index (χ4v) is 14.3. The maximum atomic E-state index is 2.50. The number of rotatable bonds is 7. The Hall–Kier alpha value is -10.9. The van der Waals surface area contributed by atoms with Crippen LogP contribution < -0.4 is 0 Å². The van der Waals surface area contributed by atoms with Gasteiger partial charge in [0.25, 0.3) is 0 Å². The van der Waals surface area contributed by atoms with Crippen LogP contribution in [0.15, 0.2) is 279 Å². The molecule has 5 heterocycles. The quantitative estimate of drug-likeness (QED) is 0.152. The maximum absolute atomic E-state index is 2.50. The molecule has 0 saturated heterocycles. The fourth-order valence-electron chi connectivity index (χ4n) is 14.3. The van der Waals surface area contributed by atoms with Crippen LogP contribution in [0, 0.1) is 0 Å². The van der Waals surface area contributed by atoms with E-state index in [9.17, 15) is 0 Å². The summed E-state index contributed by atoms with van der Waals surface area (Å²) in [5.41, 5.74) is 24.0. The Morgan fingerprint density at radius 1 is 0.229 bits per heavy atom. The first-order valence-electron chi connectivity index (χ1n) is 28.9. The number of para-hydroxylation sites is 6. The first-order chi connectivity index (χ1) is 41.2. The number of hydrogen-bond donors (Lipinski definition) is 0. The smallest absolute Gasteiger partial charge is 0.0788 e. The summed E-state index contributed by atoms with van der Waals surface area (Å²) in [5, 5.41) is 11.3. The number of hydrogen-bond acceptors (Lipinski definition) is 0. The number of aromatic nitrogens is 5. The summed E-state index contributed by atoms with van der Waals surface area (Å²) < 4.78 is 12.3. The Balaban J connectivity index is 0.757. The van der Waals surface area contributed by atoms with Crippen molar-refractivity contribution in [2.24, 2.45) is 0 Å². The molecule has 0 atom stereocenters. The molecule has 5 heteroatoms. The van der Waals surface area contributed by atoms with Crippen molar-refractivity contribution in [1.82, 2.24) is 22.8 Å². The van der Waals surface area contributed by atoms with Crippen molar-refractivity contribution in [3.05, 3.63) is 290 Å². The van der Waals surface area contributed by atoms with Crippen molar-refractivity contribution < 1.29 is 0 Å². The molecule has 1 aliphatic rings. The van der Waals surface area contributed by atoms with Gasteiger partial charge in [0.15, 0.2) is 0 Å². The molecule has 18 rings (SSSR count). The zero-order valence-corrected chi connectivity index (χ0v) is 45.3. The minimum atomic E-state index is 1.03. The van der Waals surface area contributed by atoms with Gasteiger partial charge in [-0.05, 0) is 162 Å². The predicted molar refractivity (Wildman–Crippen MR) is 349 cm³/mol. The Labute approximate surface area is 478 Å². The molecular formula is C78H51N5. The van der Waals surface area contributed by atoms with Crippen LogP contribution >= 0.6 is 0 Å². The molecule has 0 unspecified atom stereocenters. The van der Waals surface area contributed by atoms with Crippen LogP contribution in [0.5, 0.6) is 0 Å². The van der Waals surface area contributed by atoms with Gasteiger partial charge in [-0.15, -0.1) is 0 Å². The third-order valence-electron chi connectivity index (χ3n) is 17.9. The minimum absolute atomic E-state index is 1.03. The average Bonchev–Trinajstić information content (AvgIpc) is 3.98. The normalized spacial score (nSPS) is 12.7. The summed E-state index contributed by atoms with van der Waals surface area (Å²) >= 11 is 0. The van der Waals surface area contributed by atoms with Gasteiger partial charge in [-0.25, -0.2) is 0 Å². The van der Waals surface area contributed by atoms with Gasteiger partial charge < -0.3 is 22.8 Å². The van der Waals surface area contributed by atoms with E-state index in [0.29, 0.717) is 0 Å². The van der Waals surface area contributed by atoms with Crippen LogP contribution in [-0.2, 0) is 6.42 Å². The highest BCUT2D eigenvalue weighted by atomic mass is 15.1. The molecule has 0 amide bonds. The van der Waals surface area contributed by atoms with Crippen molar-refractivity contribution in [3.63, 3.8) is 0 Å². The molecule has 17 aromatic rings. The molecule has 0 radical (unpaired) electrons. The lowest BCUT2D eigenvalue weighted by atomic mass is 10.00. The highest BCUT2D eigenvalue weighted by molar-refractivity contribution is 6.21. The van der Waals surface area contributed by atoms with Crippen LogP contribution in [0.3, 0.4) is 0 Å². The molecule has 0 N–H and O–H groups in total. The van der Waals surface area contributed by atoms with Crippen LogP contribution in [0.4, 0.5) is 0 Å². The van der Waals surface area contributed by atoms with E-state index < -0.39 is 0 Å². The summed E-state index contributed by atoms with van der Waals surface area (Å²) in [7, 11) is 0. The largest absolute Gasteiger partial charge is 0.309 e. The molecule has 0 saturated carbocycles. The number of fused-ring (bicyclic) bond motifs is 16. The van der Waals surface area contributed by atoms with E-state index in [2.05, 4.69) is 308 Å².